The quantitative estimate of drug-likeness (QED) is 0.596. The molecule has 1 unspecified atom stereocenters. The lowest BCUT2D eigenvalue weighted by Gasteiger charge is -2.08. The standard InChI is InChI=1S/C14H9NO3S2/c16-13(12-6-11-10(20-12)3-4-19-11)7-1-2-8-9(5-7)18-14(17)15-8/h1-6,13,16H,(H,15,17). The van der Waals surface area contributed by atoms with Gasteiger partial charge < -0.3 is 9.52 Å². The van der Waals surface area contributed by atoms with Crippen LogP contribution in [0.4, 0.5) is 0 Å². The Labute approximate surface area is 120 Å². The Kier molecular flexibility index (Phi) is 2.56. The highest BCUT2D eigenvalue weighted by molar-refractivity contribution is 7.26. The van der Waals surface area contributed by atoms with Gasteiger partial charge in [-0.15, -0.1) is 22.7 Å². The van der Waals surface area contributed by atoms with Crippen molar-refractivity contribution in [3.05, 3.63) is 56.7 Å². The zero-order valence-corrected chi connectivity index (χ0v) is 11.8. The van der Waals surface area contributed by atoms with Gasteiger partial charge in [0.25, 0.3) is 0 Å². The molecule has 1 atom stereocenters. The minimum Gasteiger partial charge on any atom is -0.408 e. The fourth-order valence-electron chi connectivity index (χ4n) is 2.22. The van der Waals surface area contributed by atoms with E-state index in [1.807, 2.05) is 11.4 Å². The molecule has 1 aromatic carbocycles. The van der Waals surface area contributed by atoms with Crippen LogP contribution >= 0.6 is 22.7 Å². The number of hydrogen-bond donors (Lipinski definition) is 2. The van der Waals surface area contributed by atoms with Crippen LogP contribution in [0.15, 0.2) is 44.9 Å². The summed E-state index contributed by atoms with van der Waals surface area (Å²) in [7, 11) is 0. The first-order chi connectivity index (χ1) is 9.70. The van der Waals surface area contributed by atoms with E-state index < -0.39 is 11.9 Å². The number of nitrogens with one attached hydrogen (secondary N) is 1. The summed E-state index contributed by atoms with van der Waals surface area (Å²) in [5.41, 5.74) is 1.82. The lowest BCUT2D eigenvalue weighted by molar-refractivity contribution is 0.224. The molecule has 4 rings (SSSR count). The molecule has 3 aromatic heterocycles. The number of aliphatic hydroxyl groups excluding tert-OH is 1. The van der Waals surface area contributed by atoms with Crippen molar-refractivity contribution < 1.29 is 9.52 Å². The molecular formula is C14H9NO3S2. The van der Waals surface area contributed by atoms with Gasteiger partial charge in [0.05, 0.1) is 5.52 Å². The van der Waals surface area contributed by atoms with Crippen LogP contribution in [0, 0.1) is 0 Å². The summed E-state index contributed by atoms with van der Waals surface area (Å²) < 4.78 is 7.38. The highest BCUT2D eigenvalue weighted by Crippen LogP contribution is 2.36. The van der Waals surface area contributed by atoms with Gasteiger partial charge in [0.15, 0.2) is 5.58 Å². The molecule has 0 bridgehead atoms. The summed E-state index contributed by atoms with van der Waals surface area (Å²) in [6.45, 7) is 0. The number of benzene rings is 1. The monoisotopic (exact) mass is 303 g/mol. The van der Waals surface area contributed by atoms with Crippen LogP contribution in [0.1, 0.15) is 16.5 Å². The Balaban J connectivity index is 1.80. The maximum atomic E-state index is 11.1. The molecule has 4 aromatic rings. The number of aliphatic hydroxyl groups is 1. The fraction of sp³-hybridized carbons (Fsp3) is 0.0714. The number of thiophene rings is 2. The smallest absolute Gasteiger partial charge is 0.408 e. The zero-order chi connectivity index (χ0) is 13.7. The Hall–Kier alpha value is -1.89. The second-order valence-electron chi connectivity index (χ2n) is 4.47. The molecule has 4 nitrogen and oxygen atoms in total. The van der Waals surface area contributed by atoms with Gasteiger partial charge in [-0.05, 0) is 35.2 Å². The Morgan fingerprint density at radius 2 is 2.10 bits per heavy atom. The molecule has 0 saturated carbocycles. The van der Waals surface area contributed by atoms with Gasteiger partial charge >= 0.3 is 5.76 Å². The largest absolute Gasteiger partial charge is 0.417 e. The molecule has 0 spiro atoms. The highest BCUT2D eigenvalue weighted by Gasteiger charge is 2.15. The summed E-state index contributed by atoms with van der Waals surface area (Å²) in [5.74, 6) is -0.483. The SMILES string of the molecule is O=c1[nH]c2ccc(C(O)c3cc4sccc4s3)cc2o1. The Morgan fingerprint density at radius 3 is 2.95 bits per heavy atom. The minimum atomic E-state index is -0.704. The third-order valence-corrected chi connectivity index (χ3v) is 5.33. The van der Waals surface area contributed by atoms with Gasteiger partial charge in [-0.1, -0.05) is 6.07 Å². The third-order valence-electron chi connectivity index (χ3n) is 3.19. The van der Waals surface area contributed by atoms with E-state index >= 15 is 0 Å². The van der Waals surface area contributed by atoms with Crippen LogP contribution in [0.5, 0.6) is 0 Å². The van der Waals surface area contributed by atoms with Crippen molar-refractivity contribution in [2.24, 2.45) is 0 Å². The molecule has 0 fully saturated rings. The van der Waals surface area contributed by atoms with Gasteiger partial charge in [-0.25, -0.2) is 4.79 Å². The first kappa shape index (κ1) is 11.9. The van der Waals surface area contributed by atoms with E-state index in [1.54, 1.807) is 40.9 Å². The first-order valence-electron chi connectivity index (χ1n) is 5.98. The van der Waals surface area contributed by atoms with Crippen molar-refractivity contribution in [3.63, 3.8) is 0 Å². The lowest BCUT2D eigenvalue weighted by Crippen LogP contribution is -1.96. The number of aromatic nitrogens is 1. The second-order valence-corrected chi connectivity index (χ2v) is 6.53. The van der Waals surface area contributed by atoms with Crippen molar-refractivity contribution in [1.82, 2.24) is 4.98 Å². The first-order valence-corrected chi connectivity index (χ1v) is 7.68. The van der Waals surface area contributed by atoms with Crippen LogP contribution in [0.2, 0.25) is 0 Å². The van der Waals surface area contributed by atoms with E-state index in [0.717, 1.165) is 4.88 Å². The zero-order valence-electron chi connectivity index (χ0n) is 10.1. The van der Waals surface area contributed by atoms with Crippen molar-refractivity contribution in [3.8, 4) is 0 Å². The summed E-state index contributed by atoms with van der Waals surface area (Å²) in [6, 6.07) is 9.30. The maximum absolute atomic E-state index is 11.1. The molecule has 20 heavy (non-hydrogen) atoms. The van der Waals surface area contributed by atoms with Gasteiger partial charge in [-0.3, -0.25) is 4.98 Å². The fourth-order valence-corrected chi connectivity index (χ4v) is 4.35. The van der Waals surface area contributed by atoms with Crippen molar-refractivity contribution >= 4 is 43.2 Å². The van der Waals surface area contributed by atoms with E-state index in [2.05, 4.69) is 11.1 Å². The Morgan fingerprint density at radius 1 is 1.20 bits per heavy atom. The number of fused-ring (bicyclic) bond motifs is 2. The molecule has 0 radical (unpaired) electrons. The van der Waals surface area contributed by atoms with E-state index in [0.29, 0.717) is 16.7 Å². The summed E-state index contributed by atoms with van der Waals surface area (Å²) in [5, 5.41) is 12.5. The van der Waals surface area contributed by atoms with E-state index in [1.165, 1.54) is 9.40 Å². The van der Waals surface area contributed by atoms with Gasteiger partial charge in [0.2, 0.25) is 0 Å². The van der Waals surface area contributed by atoms with Crippen molar-refractivity contribution in [1.29, 1.82) is 0 Å². The number of rotatable bonds is 2. The van der Waals surface area contributed by atoms with Crippen LogP contribution in [0.25, 0.3) is 20.5 Å². The van der Waals surface area contributed by atoms with Gasteiger partial charge in [0.1, 0.15) is 6.10 Å². The average molecular weight is 303 g/mol. The third kappa shape index (κ3) is 1.81. The number of aromatic amines is 1. The molecule has 100 valence electrons. The van der Waals surface area contributed by atoms with Crippen molar-refractivity contribution in [2.75, 3.05) is 0 Å². The summed E-state index contributed by atoms with van der Waals surface area (Å²) >= 11 is 3.24. The predicted molar refractivity (Wildman–Crippen MR) is 80.6 cm³/mol. The number of oxazole rings is 1. The van der Waals surface area contributed by atoms with Crippen LogP contribution < -0.4 is 5.76 Å². The van der Waals surface area contributed by atoms with Gasteiger partial charge in [-0.2, -0.15) is 0 Å². The summed E-state index contributed by atoms with van der Waals surface area (Å²) in [6.07, 6.45) is -0.704. The molecular weight excluding hydrogens is 294 g/mol. The van der Waals surface area contributed by atoms with E-state index in [4.69, 9.17) is 4.42 Å². The van der Waals surface area contributed by atoms with E-state index in [-0.39, 0.29) is 0 Å². The van der Waals surface area contributed by atoms with Crippen LogP contribution in [-0.4, -0.2) is 10.1 Å². The molecule has 0 aliphatic heterocycles. The molecule has 0 amide bonds. The molecule has 2 N–H and O–H groups in total. The lowest BCUT2D eigenvalue weighted by atomic mass is 10.1. The molecule has 3 heterocycles. The highest BCUT2D eigenvalue weighted by atomic mass is 32.1. The predicted octanol–water partition coefficient (Wildman–Crippen LogP) is 3.48. The van der Waals surface area contributed by atoms with Crippen LogP contribution in [0.3, 0.4) is 0 Å². The molecule has 0 saturated heterocycles. The summed E-state index contributed by atoms with van der Waals surface area (Å²) in [4.78, 5) is 14.6. The van der Waals surface area contributed by atoms with Gasteiger partial charge in [0, 0.05) is 14.3 Å². The van der Waals surface area contributed by atoms with Crippen molar-refractivity contribution in [2.45, 2.75) is 6.10 Å². The normalized spacial score (nSPS) is 13.2. The maximum Gasteiger partial charge on any atom is 0.417 e. The molecule has 6 heteroatoms. The number of hydrogen-bond acceptors (Lipinski definition) is 5. The average Bonchev–Trinajstić information content (AvgIpc) is 3.08. The Bertz CT molecular complexity index is 931. The minimum absolute atomic E-state index is 0.463. The van der Waals surface area contributed by atoms with E-state index in [9.17, 15) is 9.90 Å². The molecule has 0 aliphatic carbocycles. The molecule has 0 aliphatic rings. The number of H-pyrrole nitrogens is 1. The topological polar surface area (TPSA) is 66.2 Å². The second kappa shape index (κ2) is 4.31. The van der Waals surface area contributed by atoms with Crippen LogP contribution in [-0.2, 0) is 0 Å².